The normalized spacial score (nSPS) is 12.6. The number of benzene rings is 2. The molecule has 0 aliphatic carbocycles. The average Bonchev–Trinajstić information content (AvgIpc) is 2.48. The Morgan fingerprint density at radius 1 is 1.04 bits per heavy atom. The molecule has 0 spiro atoms. The van der Waals surface area contributed by atoms with E-state index < -0.39 is 26.7 Å². The summed E-state index contributed by atoms with van der Waals surface area (Å²) in [6, 6.07) is 10.6. The minimum absolute atomic E-state index is 0.131. The van der Waals surface area contributed by atoms with Crippen molar-refractivity contribution in [3.63, 3.8) is 0 Å². The maximum absolute atomic E-state index is 13.0. The van der Waals surface area contributed by atoms with E-state index >= 15 is 0 Å². The first-order chi connectivity index (χ1) is 10.6. The second-order valence-electron chi connectivity index (χ2n) is 4.85. The van der Waals surface area contributed by atoms with Crippen molar-refractivity contribution in [2.75, 3.05) is 7.05 Å². The van der Waals surface area contributed by atoms with Crippen LogP contribution < -0.4 is 0 Å². The Morgan fingerprint density at radius 3 is 2.22 bits per heavy atom. The molecule has 0 fully saturated rings. The van der Waals surface area contributed by atoms with Crippen molar-refractivity contribution >= 4 is 21.6 Å². The summed E-state index contributed by atoms with van der Waals surface area (Å²) in [5.74, 6) is 0. The number of nitrogens with zero attached hydrogens (tertiary/aromatic N) is 1. The lowest BCUT2D eigenvalue weighted by atomic mass is 10.2. The van der Waals surface area contributed by atoms with Gasteiger partial charge >= 0.3 is 6.18 Å². The predicted molar refractivity (Wildman–Crippen MR) is 81.5 cm³/mol. The van der Waals surface area contributed by atoms with Gasteiger partial charge in [-0.25, -0.2) is 8.42 Å². The zero-order valence-corrected chi connectivity index (χ0v) is 13.6. The highest BCUT2D eigenvalue weighted by Gasteiger charge is 2.38. The van der Waals surface area contributed by atoms with Crippen LogP contribution in [0.2, 0.25) is 5.02 Å². The van der Waals surface area contributed by atoms with Crippen molar-refractivity contribution in [1.82, 2.24) is 4.31 Å². The maximum Gasteiger partial charge on any atom is 0.417 e. The van der Waals surface area contributed by atoms with E-state index in [1.54, 1.807) is 24.3 Å². The number of hydrogen-bond acceptors (Lipinski definition) is 2. The largest absolute Gasteiger partial charge is 0.417 e. The molecule has 0 amide bonds. The molecule has 0 atom stereocenters. The first kappa shape index (κ1) is 17.8. The number of sulfonamides is 1. The third-order valence-electron chi connectivity index (χ3n) is 3.23. The molecule has 23 heavy (non-hydrogen) atoms. The zero-order chi connectivity index (χ0) is 17.3. The lowest BCUT2D eigenvalue weighted by Gasteiger charge is -2.20. The van der Waals surface area contributed by atoms with Crippen molar-refractivity contribution in [2.24, 2.45) is 0 Å². The molecule has 0 bridgehead atoms. The van der Waals surface area contributed by atoms with E-state index in [0.717, 1.165) is 22.5 Å². The molecular formula is C15H13ClF3NO2S. The molecular weight excluding hydrogens is 351 g/mol. The van der Waals surface area contributed by atoms with E-state index in [1.165, 1.54) is 13.1 Å². The number of alkyl halides is 3. The molecule has 2 rings (SSSR count). The van der Waals surface area contributed by atoms with Gasteiger partial charge in [0.2, 0.25) is 10.0 Å². The SMILES string of the molecule is CN(Cc1ccccc1Cl)S(=O)(=O)c1ccccc1C(F)(F)F. The third kappa shape index (κ3) is 3.85. The van der Waals surface area contributed by atoms with Gasteiger partial charge in [-0.2, -0.15) is 17.5 Å². The van der Waals surface area contributed by atoms with E-state index in [2.05, 4.69) is 0 Å². The van der Waals surface area contributed by atoms with Crippen LogP contribution in [0.1, 0.15) is 11.1 Å². The number of hydrogen-bond donors (Lipinski definition) is 0. The molecule has 2 aromatic rings. The number of rotatable bonds is 4. The summed E-state index contributed by atoms with van der Waals surface area (Å²) >= 11 is 5.97. The van der Waals surface area contributed by atoms with Gasteiger partial charge < -0.3 is 0 Å². The summed E-state index contributed by atoms with van der Waals surface area (Å²) in [6.07, 6.45) is -4.76. The minimum atomic E-state index is -4.76. The van der Waals surface area contributed by atoms with Gasteiger partial charge in [0.25, 0.3) is 0 Å². The van der Waals surface area contributed by atoms with Crippen LogP contribution in [0.5, 0.6) is 0 Å². The Morgan fingerprint density at radius 2 is 1.61 bits per heavy atom. The Labute approximate surface area is 137 Å². The minimum Gasteiger partial charge on any atom is -0.207 e. The summed E-state index contributed by atoms with van der Waals surface area (Å²) < 4.78 is 64.9. The molecule has 8 heteroatoms. The fraction of sp³-hybridized carbons (Fsp3) is 0.200. The summed E-state index contributed by atoms with van der Waals surface area (Å²) in [5.41, 5.74) is -0.684. The highest BCUT2D eigenvalue weighted by molar-refractivity contribution is 7.89. The summed E-state index contributed by atoms with van der Waals surface area (Å²) in [4.78, 5) is -0.776. The van der Waals surface area contributed by atoms with Crippen LogP contribution >= 0.6 is 11.6 Å². The average molecular weight is 364 g/mol. The Kier molecular flexibility index (Phi) is 5.03. The van der Waals surface area contributed by atoms with Crippen LogP contribution in [0.4, 0.5) is 13.2 Å². The van der Waals surface area contributed by atoms with Crippen molar-refractivity contribution in [3.05, 3.63) is 64.7 Å². The predicted octanol–water partition coefficient (Wildman–Crippen LogP) is 4.18. The van der Waals surface area contributed by atoms with Gasteiger partial charge in [-0.15, -0.1) is 0 Å². The van der Waals surface area contributed by atoms with Crippen molar-refractivity contribution in [1.29, 1.82) is 0 Å². The fourth-order valence-electron chi connectivity index (χ4n) is 2.05. The van der Waals surface area contributed by atoms with Gasteiger partial charge in [0.15, 0.2) is 0 Å². The zero-order valence-electron chi connectivity index (χ0n) is 12.0. The molecule has 0 saturated heterocycles. The van der Waals surface area contributed by atoms with Crippen LogP contribution in [-0.2, 0) is 22.7 Å². The van der Waals surface area contributed by atoms with E-state index in [-0.39, 0.29) is 6.54 Å². The summed E-state index contributed by atoms with van der Waals surface area (Å²) in [5, 5.41) is 0.346. The van der Waals surface area contributed by atoms with Gasteiger partial charge in [-0.1, -0.05) is 41.9 Å². The first-order valence-electron chi connectivity index (χ1n) is 6.50. The standard InChI is InChI=1S/C15H13ClF3NO2S/c1-20(10-11-6-2-4-8-13(11)16)23(21,22)14-9-5-3-7-12(14)15(17,18)19/h2-9H,10H2,1H3. The molecule has 0 aliphatic rings. The lowest BCUT2D eigenvalue weighted by Crippen LogP contribution is -2.28. The maximum atomic E-state index is 13.0. The van der Waals surface area contributed by atoms with E-state index in [4.69, 9.17) is 11.6 Å². The van der Waals surface area contributed by atoms with Crippen LogP contribution in [0, 0.1) is 0 Å². The van der Waals surface area contributed by atoms with Gasteiger partial charge in [-0.3, -0.25) is 0 Å². The number of halogens is 4. The van der Waals surface area contributed by atoms with Crippen molar-refractivity contribution < 1.29 is 21.6 Å². The Hall–Kier alpha value is -1.57. The highest BCUT2D eigenvalue weighted by Crippen LogP contribution is 2.35. The third-order valence-corrected chi connectivity index (χ3v) is 5.46. The second-order valence-corrected chi connectivity index (χ2v) is 7.27. The van der Waals surface area contributed by atoms with Gasteiger partial charge in [0.05, 0.1) is 10.5 Å². The molecule has 0 aromatic heterocycles. The van der Waals surface area contributed by atoms with E-state index in [1.807, 2.05) is 0 Å². The molecule has 3 nitrogen and oxygen atoms in total. The van der Waals surface area contributed by atoms with E-state index in [0.29, 0.717) is 10.6 Å². The second kappa shape index (κ2) is 6.51. The molecule has 124 valence electrons. The summed E-state index contributed by atoms with van der Waals surface area (Å²) in [7, 11) is -3.10. The quantitative estimate of drug-likeness (QED) is 0.817. The van der Waals surface area contributed by atoms with Gasteiger partial charge in [-0.05, 0) is 23.8 Å². The van der Waals surface area contributed by atoms with Crippen molar-refractivity contribution in [3.8, 4) is 0 Å². The molecule has 0 saturated carbocycles. The topological polar surface area (TPSA) is 37.4 Å². The smallest absolute Gasteiger partial charge is 0.207 e. The van der Waals surface area contributed by atoms with Gasteiger partial charge in [0, 0.05) is 18.6 Å². The Balaban J connectivity index is 2.41. The molecule has 2 aromatic carbocycles. The summed E-state index contributed by atoms with van der Waals surface area (Å²) in [6.45, 7) is -0.131. The molecule has 0 unspecified atom stereocenters. The van der Waals surface area contributed by atoms with Crippen LogP contribution in [0.3, 0.4) is 0 Å². The Bertz CT molecular complexity index is 806. The van der Waals surface area contributed by atoms with Crippen molar-refractivity contribution in [2.45, 2.75) is 17.6 Å². The first-order valence-corrected chi connectivity index (χ1v) is 8.32. The van der Waals surface area contributed by atoms with Gasteiger partial charge in [0.1, 0.15) is 0 Å². The monoisotopic (exact) mass is 363 g/mol. The fourth-order valence-corrected chi connectivity index (χ4v) is 3.60. The molecule has 0 aliphatic heterocycles. The van der Waals surface area contributed by atoms with Crippen LogP contribution in [-0.4, -0.2) is 19.8 Å². The molecule has 0 N–H and O–H groups in total. The lowest BCUT2D eigenvalue weighted by molar-refractivity contribution is -0.139. The molecule has 0 radical (unpaired) electrons. The highest BCUT2D eigenvalue weighted by atomic mass is 35.5. The van der Waals surface area contributed by atoms with Crippen LogP contribution in [0.15, 0.2) is 53.4 Å². The van der Waals surface area contributed by atoms with Crippen LogP contribution in [0.25, 0.3) is 0 Å². The van der Waals surface area contributed by atoms with E-state index in [9.17, 15) is 21.6 Å². The molecule has 0 heterocycles.